The van der Waals surface area contributed by atoms with Crippen molar-refractivity contribution in [3.8, 4) is 0 Å². The van der Waals surface area contributed by atoms with Crippen LogP contribution in [-0.2, 0) is 11.2 Å². The number of guanidine groups is 1. The highest BCUT2D eigenvalue weighted by atomic mass is 32.1. The summed E-state index contributed by atoms with van der Waals surface area (Å²) in [4.78, 5) is 10.7. The van der Waals surface area contributed by atoms with Gasteiger partial charge in [-0.25, -0.2) is 4.98 Å². The van der Waals surface area contributed by atoms with Gasteiger partial charge in [-0.2, -0.15) is 0 Å². The van der Waals surface area contributed by atoms with Gasteiger partial charge in [0.25, 0.3) is 0 Å². The molecule has 2 heterocycles. The first-order chi connectivity index (χ1) is 14.6. The Kier molecular flexibility index (Phi) is 8.66. The molecule has 1 atom stereocenters. The standard InChI is InChI=1S/C23H35N5OS/c1-4-24-22(25-13-10-21-26-16-18(2)30-21)27-17-23(11-14-29-15-12-23)28-19(3)20-8-6-5-7-9-20/h5-9,16,19,28H,4,10-15,17H2,1-3H3,(H2,24,25,27). The molecule has 30 heavy (non-hydrogen) atoms. The molecule has 1 aromatic carbocycles. The molecule has 0 radical (unpaired) electrons. The van der Waals surface area contributed by atoms with Crippen molar-refractivity contribution in [2.75, 3.05) is 32.8 Å². The molecule has 1 aliphatic heterocycles. The predicted molar refractivity (Wildman–Crippen MR) is 125 cm³/mol. The number of thiazole rings is 1. The number of hydrogen-bond acceptors (Lipinski definition) is 5. The van der Waals surface area contributed by atoms with Crippen molar-refractivity contribution in [3.63, 3.8) is 0 Å². The molecule has 3 rings (SSSR count). The number of nitrogens with zero attached hydrogens (tertiary/aromatic N) is 2. The summed E-state index contributed by atoms with van der Waals surface area (Å²) < 4.78 is 5.66. The van der Waals surface area contributed by atoms with Crippen LogP contribution in [0.3, 0.4) is 0 Å². The Hall–Kier alpha value is -1.96. The predicted octanol–water partition coefficient (Wildman–Crippen LogP) is 3.45. The van der Waals surface area contributed by atoms with Gasteiger partial charge in [0.05, 0.1) is 11.6 Å². The third-order valence-corrected chi connectivity index (χ3v) is 6.43. The van der Waals surface area contributed by atoms with E-state index in [-0.39, 0.29) is 11.6 Å². The van der Waals surface area contributed by atoms with E-state index in [4.69, 9.17) is 9.73 Å². The maximum atomic E-state index is 5.66. The summed E-state index contributed by atoms with van der Waals surface area (Å²) >= 11 is 1.76. The van der Waals surface area contributed by atoms with Crippen LogP contribution in [0.2, 0.25) is 0 Å². The first-order valence-electron chi connectivity index (χ1n) is 10.9. The molecule has 1 aromatic heterocycles. The minimum Gasteiger partial charge on any atom is -0.381 e. The Balaban J connectivity index is 1.62. The van der Waals surface area contributed by atoms with E-state index in [2.05, 4.69) is 72.0 Å². The molecule has 1 saturated heterocycles. The number of rotatable bonds is 9. The van der Waals surface area contributed by atoms with Gasteiger partial charge in [0.2, 0.25) is 0 Å². The average Bonchev–Trinajstić information content (AvgIpc) is 3.18. The van der Waals surface area contributed by atoms with Gasteiger partial charge in [-0.15, -0.1) is 11.3 Å². The fourth-order valence-electron chi connectivity index (χ4n) is 3.77. The highest BCUT2D eigenvalue weighted by Crippen LogP contribution is 2.26. The van der Waals surface area contributed by atoms with E-state index >= 15 is 0 Å². The zero-order chi connectivity index (χ0) is 21.2. The lowest BCUT2D eigenvalue weighted by atomic mass is 9.88. The summed E-state index contributed by atoms with van der Waals surface area (Å²) in [5.74, 6) is 0.866. The van der Waals surface area contributed by atoms with Crippen molar-refractivity contribution in [1.29, 1.82) is 0 Å². The first-order valence-corrected chi connectivity index (χ1v) is 11.8. The largest absolute Gasteiger partial charge is 0.381 e. The zero-order valence-electron chi connectivity index (χ0n) is 18.4. The summed E-state index contributed by atoms with van der Waals surface area (Å²) in [6.07, 6.45) is 4.77. The van der Waals surface area contributed by atoms with Gasteiger partial charge < -0.3 is 20.7 Å². The molecule has 1 fully saturated rings. The monoisotopic (exact) mass is 429 g/mol. The van der Waals surface area contributed by atoms with Crippen LogP contribution in [0.25, 0.3) is 0 Å². The molecular formula is C23H35N5OS. The van der Waals surface area contributed by atoms with Gasteiger partial charge in [0.15, 0.2) is 5.96 Å². The van der Waals surface area contributed by atoms with Crippen LogP contribution in [0, 0.1) is 6.92 Å². The lowest BCUT2D eigenvalue weighted by molar-refractivity contribution is 0.0374. The molecule has 1 unspecified atom stereocenters. The fraction of sp³-hybridized carbons (Fsp3) is 0.565. The minimum absolute atomic E-state index is 0.0533. The van der Waals surface area contributed by atoms with Crippen LogP contribution >= 0.6 is 11.3 Å². The minimum atomic E-state index is -0.0533. The molecule has 1 aliphatic rings. The zero-order valence-corrected chi connectivity index (χ0v) is 19.2. The number of ether oxygens (including phenoxy) is 1. The second-order valence-electron chi connectivity index (χ2n) is 7.91. The van der Waals surface area contributed by atoms with E-state index in [1.165, 1.54) is 10.4 Å². The number of nitrogens with one attached hydrogen (secondary N) is 3. The van der Waals surface area contributed by atoms with Crippen molar-refractivity contribution < 1.29 is 4.74 Å². The molecule has 7 heteroatoms. The van der Waals surface area contributed by atoms with Gasteiger partial charge in [-0.05, 0) is 39.2 Å². The first kappa shape index (κ1) is 22.7. The Labute approximate surface area is 184 Å². The summed E-state index contributed by atoms with van der Waals surface area (Å²) in [6, 6.07) is 10.9. The van der Waals surface area contributed by atoms with Crippen LogP contribution in [-0.4, -0.2) is 49.3 Å². The molecule has 6 nitrogen and oxygen atoms in total. The second-order valence-corrected chi connectivity index (χ2v) is 9.23. The molecule has 0 spiro atoms. The molecule has 0 saturated carbocycles. The molecule has 164 valence electrons. The molecular weight excluding hydrogens is 394 g/mol. The number of aromatic nitrogens is 1. The van der Waals surface area contributed by atoms with Crippen molar-refractivity contribution >= 4 is 17.3 Å². The Morgan fingerprint density at radius 1 is 1.23 bits per heavy atom. The highest BCUT2D eigenvalue weighted by molar-refractivity contribution is 7.11. The normalized spacial score (nSPS) is 17.5. The molecule has 0 amide bonds. The lowest BCUT2D eigenvalue weighted by Crippen LogP contribution is -2.53. The third-order valence-electron chi connectivity index (χ3n) is 5.46. The van der Waals surface area contributed by atoms with Gasteiger partial charge in [0.1, 0.15) is 0 Å². The SMILES string of the molecule is CCNC(=NCC1(NC(C)c2ccccc2)CCOCC1)NCCc1ncc(C)s1. The van der Waals surface area contributed by atoms with Gasteiger partial charge in [-0.3, -0.25) is 4.99 Å². The number of hydrogen-bond donors (Lipinski definition) is 3. The van der Waals surface area contributed by atoms with E-state index < -0.39 is 0 Å². The van der Waals surface area contributed by atoms with Crippen LogP contribution in [0.1, 0.15) is 48.2 Å². The van der Waals surface area contributed by atoms with Crippen molar-refractivity contribution in [1.82, 2.24) is 20.9 Å². The van der Waals surface area contributed by atoms with Gasteiger partial charge in [-0.1, -0.05) is 30.3 Å². The van der Waals surface area contributed by atoms with E-state index in [1.54, 1.807) is 11.3 Å². The lowest BCUT2D eigenvalue weighted by Gasteiger charge is -2.39. The third kappa shape index (κ3) is 6.79. The van der Waals surface area contributed by atoms with Crippen LogP contribution in [0.15, 0.2) is 41.5 Å². The Morgan fingerprint density at radius 2 is 2.00 bits per heavy atom. The molecule has 0 bridgehead atoms. The second kappa shape index (κ2) is 11.4. The fourth-order valence-corrected chi connectivity index (χ4v) is 4.56. The van der Waals surface area contributed by atoms with E-state index in [0.717, 1.165) is 63.1 Å². The summed E-state index contributed by atoms with van der Waals surface area (Å²) in [7, 11) is 0. The van der Waals surface area contributed by atoms with Crippen LogP contribution < -0.4 is 16.0 Å². The van der Waals surface area contributed by atoms with Crippen LogP contribution in [0.4, 0.5) is 0 Å². The topological polar surface area (TPSA) is 70.6 Å². The Morgan fingerprint density at radius 3 is 2.67 bits per heavy atom. The van der Waals surface area contributed by atoms with E-state index in [9.17, 15) is 0 Å². The number of benzene rings is 1. The van der Waals surface area contributed by atoms with Gasteiger partial charge in [0, 0.05) is 55.4 Å². The number of aryl methyl sites for hydroxylation is 1. The molecule has 0 aliphatic carbocycles. The van der Waals surface area contributed by atoms with Crippen molar-refractivity contribution in [2.45, 2.75) is 51.6 Å². The maximum Gasteiger partial charge on any atom is 0.191 e. The average molecular weight is 430 g/mol. The van der Waals surface area contributed by atoms with E-state index in [1.807, 2.05) is 6.20 Å². The highest BCUT2D eigenvalue weighted by Gasteiger charge is 2.34. The van der Waals surface area contributed by atoms with Gasteiger partial charge >= 0.3 is 0 Å². The quantitative estimate of drug-likeness (QED) is 0.421. The summed E-state index contributed by atoms with van der Waals surface area (Å²) in [5, 5.41) is 11.9. The molecule has 2 aromatic rings. The Bertz CT molecular complexity index is 786. The van der Waals surface area contributed by atoms with Crippen LogP contribution in [0.5, 0.6) is 0 Å². The van der Waals surface area contributed by atoms with Crippen molar-refractivity contribution in [3.05, 3.63) is 52.0 Å². The number of aliphatic imine (C=N–C) groups is 1. The van der Waals surface area contributed by atoms with Crippen molar-refractivity contribution in [2.24, 2.45) is 4.99 Å². The smallest absolute Gasteiger partial charge is 0.191 e. The summed E-state index contributed by atoms with van der Waals surface area (Å²) in [5.41, 5.74) is 1.25. The van der Waals surface area contributed by atoms with E-state index in [0.29, 0.717) is 0 Å². The molecule has 3 N–H and O–H groups in total. The summed E-state index contributed by atoms with van der Waals surface area (Å²) in [6.45, 7) is 10.4. The maximum absolute atomic E-state index is 5.66.